The lowest BCUT2D eigenvalue weighted by atomic mass is 10.1. The maximum atomic E-state index is 5.39. The predicted molar refractivity (Wildman–Crippen MR) is 77.7 cm³/mol. The van der Waals surface area contributed by atoms with Gasteiger partial charge < -0.3 is 13.3 Å². The summed E-state index contributed by atoms with van der Waals surface area (Å²) >= 11 is 4.62. The fraction of sp³-hybridized carbons (Fsp3) is 1.00. The molecule has 0 rings (SSSR count). The number of thiol groups is 1. The number of hydrogen-bond acceptors (Lipinski definition) is 4. The molecule has 0 heterocycles. The first-order valence-corrected chi connectivity index (χ1v) is 8.92. The van der Waals surface area contributed by atoms with E-state index in [0.717, 1.165) is 12.5 Å². The fourth-order valence-electron chi connectivity index (χ4n) is 1.85. The lowest BCUT2D eigenvalue weighted by Crippen LogP contribution is -2.43. The zero-order valence-corrected chi connectivity index (χ0v) is 13.6. The van der Waals surface area contributed by atoms with Crippen molar-refractivity contribution in [2.24, 2.45) is 0 Å². The number of unbranched alkanes of at least 4 members (excludes halogenated alkanes) is 3. The first-order chi connectivity index (χ1) is 8.14. The SMILES string of the molecule is CCCCCCC(S)CC[Si](OC)(OC)OC. The fourth-order valence-corrected chi connectivity index (χ4v) is 4.22. The van der Waals surface area contributed by atoms with Crippen molar-refractivity contribution in [3.05, 3.63) is 0 Å². The van der Waals surface area contributed by atoms with Gasteiger partial charge in [0.2, 0.25) is 0 Å². The van der Waals surface area contributed by atoms with Gasteiger partial charge in [-0.25, -0.2) is 0 Å². The average Bonchev–Trinajstić information content (AvgIpc) is 2.37. The summed E-state index contributed by atoms with van der Waals surface area (Å²) in [6.45, 7) is 2.23. The van der Waals surface area contributed by atoms with Crippen molar-refractivity contribution >= 4 is 21.4 Å². The topological polar surface area (TPSA) is 27.7 Å². The third-order valence-electron chi connectivity index (χ3n) is 3.11. The van der Waals surface area contributed by atoms with Gasteiger partial charge in [-0.15, -0.1) is 0 Å². The molecule has 3 nitrogen and oxygen atoms in total. The van der Waals surface area contributed by atoms with E-state index >= 15 is 0 Å². The van der Waals surface area contributed by atoms with E-state index in [2.05, 4.69) is 19.6 Å². The van der Waals surface area contributed by atoms with Crippen molar-refractivity contribution in [3.63, 3.8) is 0 Å². The molecule has 0 radical (unpaired) electrons. The summed E-state index contributed by atoms with van der Waals surface area (Å²) in [6.07, 6.45) is 7.36. The zero-order chi connectivity index (χ0) is 13.1. The molecule has 0 aliphatic heterocycles. The highest BCUT2D eigenvalue weighted by atomic mass is 32.1. The summed E-state index contributed by atoms with van der Waals surface area (Å²) in [5.74, 6) is 0. The Labute approximate surface area is 113 Å². The minimum Gasteiger partial charge on any atom is -0.377 e. The molecule has 0 aliphatic rings. The van der Waals surface area contributed by atoms with Crippen LogP contribution in [0, 0.1) is 0 Å². The quantitative estimate of drug-likeness (QED) is 0.356. The lowest BCUT2D eigenvalue weighted by Gasteiger charge is -2.25. The standard InChI is InChI=1S/C12H28O3SSi/c1-5-6-7-8-9-12(16)10-11-17(13-2,14-3)15-4/h12,16H,5-11H2,1-4H3. The molecule has 0 bridgehead atoms. The first kappa shape index (κ1) is 17.4. The van der Waals surface area contributed by atoms with Gasteiger partial charge in [0.15, 0.2) is 0 Å². The van der Waals surface area contributed by atoms with Gasteiger partial charge in [-0.3, -0.25) is 0 Å². The normalized spacial score (nSPS) is 13.9. The first-order valence-electron chi connectivity index (χ1n) is 6.47. The van der Waals surface area contributed by atoms with Gasteiger partial charge in [0.05, 0.1) is 0 Å². The Bertz CT molecular complexity index is 169. The van der Waals surface area contributed by atoms with Crippen molar-refractivity contribution in [1.82, 2.24) is 0 Å². The molecule has 0 fully saturated rings. The third kappa shape index (κ3) is 7.46. The second-order valence-electron chi connectivity index (χ2n) is 4.34. The molecule has 0 saturated heterocycles. The predicted octanol–water partition coefficient (Wildman–Crippen LogP) is 3.52. The summed E-state index contributed by atoms with van der Waals surface area (Å²) in [5, 5.41) is 0.430. The Morgan fingerprint density at radius 3 is 2.00 bits per heavy atom. The monoisotopic (exact) mass is 280 g/mol. The molecular weight excluding hydrogens is 252 g/mol. The van der Waals surface area contributed by atoms with Crippen LogP contribution in [0.1, 0.15) is 45.4 Å². The smallest absolute Gasteiger partial charge is 0.377 e. The number of hydrogen-bond donors (Lipinski definition) is 1. The van der Waals surface area contributed by atoms with Crippen LogP contribution in [0.25, 0.3) is 0 Å². The second-order valence-corrected chi connectivity index (χ2v) is 8.16. The van der Waals surface area contributed by atoms with Crippen LogP contribution in [-0.2, 0) is 13.3 Å². The van der Waals surface area contributed by atoms with Crippen LogP contribution in [0.3, 0.4) is 0 Å². The zero-order valence-electron chi connectivity index (χ0n) is 11.7. The molecule has 0 aromatic heterocycles. The Hall–Kier alpha value is 0.447. The Morgan fingerprint density at radius 2 is 1.53 bits per heavy atom. The van der Waals surface area contributed by atoms with Gasteiger partial charge in [0.25, 0.3) is 0 Å². The summed E-state index contributed by atoms with van der Waals surface area (Å²) in [7, 11) is 2.60. The summed E-state index contributed by atoms with van der Waals surface area (Å²) in [4.78, 5) is 0. The van der Waals surface area contributed by atoms with E-state index < -0.39 is 8.80 Å². The van der Waals surface area contributed by atoms with Crippen molar-refractivity contribution < 1.29 is 13.3 Å². The van der Waals surface area contributed by atoms with Crippen LogP contribution >= 0.6 is 12.6 Å². The molecule has 104 valence electrons. The van der Waals surface area contributed by atoms with Crippen LogP contribution in [0.15, 0.2) is 0 Å². The summed E-state index contributed by atoms with van der Waals surface area (Å²) < 4.78 is 16.2. The highest BCUT2D eigenvalue weighted by molar-refractivity contribution is 7.80. The molecule has 0 aromatic rings. The summed E-state index contributed by atoms with van der Waals surface area (Å²) in [6, 6.07) is 0.846. The molecule has 0 aromatic carbocycles. The maximum absolute atomic E-state index is 5.39. The van der Waals surface area contributed by atoms with Gasteiger partial charge in [0, 0.05) is 32.6 Å². The minimum atomic E-state index is -2.38. The van der Waals surface area contributed by atoms with Crippen LogP contribution in [0.5, 0.6) is 0 Å². The van der Waals surface area contributed by atoms with Gasteiger partial charge in [-0.05, 0) is 12.8 Å². The molecule has 0 saturated carbocycles. The van der Waals surface area contributed by atoms with Crippen LogP contribution in [0.4, 0.5) is 0 Å². The van der Waals surface area contributed by atoms with Crippen LogP contribution in [0.2, 0.25) is 6.04 Å². The van der Waals surface area contributed by atoms with E-state index in [1.807, 2.05) is 0 Å². The Morgan fingerprint density at radius 1 is 0.941 bits per heavy atom. The average molecular weight is 281 g/mol. The summed E-state index contributed by atoms with van der Waals surface area (Å²) in [5.41, 5.74) is 0. The molecule has 1 unspecified atom stereocenters. The van der Waals surface area contributed by atoms with E-state index in [1.165, 1.54) is 32.1 Å². The minimum absolute atomic E-state index is 0.430. The lowest BCUT2D eigenvalue weighted by molar-refractivity contribution is 0.123. The molecule has 0 amide bonds. The molecule has 0 aliphatic carbocycles. The molecule has 0 spiro atoms. The Balaban J connectivity index is 3.76. The van der Waals surface area contributed by atoms with E-state index in [1.54, 1.807) is 21.3 Å². The van der Waals surface area contributed by atoms with E-state index in [4.69, 9.17) is 13.3 Å². The van der Waals surface area contributed by atoms with Crippen molar-refractivity contribution in [2.75, 3.05) is 21.3 Å². The van der Waals surface area contributed by atoms with Crippen molar-refractivity contribution in [2.45, 2.75) is 56.7 Å². The molecular formula is C12H28O3SSi. The highest BCUT2D eigenvalue weighted by Gasteiger charge is 2.37. The Kier molecular flexibility index (Phi) is 10.6. The molecule has 0 N–H and O–H groups in total. The van der Waals surface area contributed by atoms with Gasteiger partial charge >= 0.3 is 8.80 Å². The number of rotatable bonds is 11. The van der Waals surface area contributed by atoms with Crippen LogP contribution < -0.4 is 0 Å². The third-order valence-corrected chi connectivity index (χ3v) is 6.39. The van der Waals surface area contributed by atoms with Gasteiger partial charge in [-0.1, -0.05) is 32.6 Å². The maximum Gasteiger partial charge on any atom is 0.500 e. The second kappa shape index (κ2) is 10.4. The molecule has 5 heteroatoms. The largest absolute Gasteiger partial charge is 0.500 e. The van der Waals surface area contributed by atoms with Gasteiger partial charge in [0.1, 0.15) is 0 Å². The van der Waals surface area contributed by atoms with Crippen LogP contribution in [-0.4, -0.2) is 35.4 Å². The van der Waals surface area contributed by atoms with Crippen molar-refractivity contribution in [1.29, 1.82) is 0 Å². The van der Waals surface area contributed by atoms with E-state index in [0.29, 0.717) is 5.25 Å². The van der Waals surface area contributed by atoms with Crippen molar-refractivity contribution in [3.8, 4) is 0 Å². The van der Waals surface area contributed by atoms with Gasteiger partial charge in [-0.2, -0.15) is 12.6 Å². The van der Waals surface area contributed by atoms with E-state index in [-0.39, 0.29) is 0 Å². The molecule has 17 heavy (non-hydrogen) atoms. The van der Waals surface area contributed by atoms with E-state index in [9.17, 15) is 0 Å². The highest BCUT2D eigenvalue weighted by Crippen LogP contribution is 2.21. The molecule has 1 atom stereocenters.